The minimum absolute atomic E-state index is 0.0643. The highest BCUT2D eigenvalue weighted by molar-refractivity contribution is 5.78. The van der Waals surface area contributed by atoms with Crippen molar-refractivity contribution in [3.63, 3.8) is 0 Å². The first kappa shape index (κ1) is 12.5. The Morgan fingerprint density at radius 1 is 1.47 bits per heavy atom. The maximum atomic E-state index is 11.7. The maximum absolute atomic E-state index is 11.7. The van der Waals surface area contributed by atoms with E-state index >= 15 is 0 Å². The van der Waals surface area contributed by atoms with E-state index in [0.29, 0.717) is 18.7 Å². The van der Waals surface area contributed by atoms with Crippen molar-refractivity contribution in [2.75, 3.05) is 13.7 Å². The Kier molecular flexibility index (Phi) is 5.05. The van der Waals surface area contributed by atoms with E-state index in [1.54, 1.807) is 7.11 Å². The summed E-state index contributed by atoms with van der Waals surface area (Å²) < 4.78 is 4.95. The van der Waals surface area contributed by atoms with Gasteiger partial charge in [0, 0.05) is 19.2 Å². The molecule has 0 radical (unpaired) electrons. The first-order chi connectivity index (χ1) is 7.13. The number of nitrogens with two attached hydrogens (primary N) is 1. The smallest absolute Gasteiger partial charge is 0.225 e. The molecule has 0 bridgehead atoms. The van der Waals surface area contributed by atoms with E-state index < -0.39 is 0 Å². The fourth-order valence-corrected chi connectivity index (χ4v) is 1.93. The predicted molar refractivity (Wildman–Crippen MR) is 59.4 cm³/mol. The van der Waals surface area contributed by atoms with Gasteiger partial charge >= 0.3 is 0 Å². The van der Waals surface area contributed by atoms with Gasteiger partial charge < -0.3 is 15.8 Å². The number of amides is 1. The molecule has 4 heteroatoms. The average molecular weight is 214 g/mol. The van der Waals surface area contributed by atoms with Gasteiger partial charge in [0.1, 0.15) is 0 Å². The van der Waals surface area contributed by atoms with Crippen LogP contribution in [-0.2, 0) is 9.53 Å². The highest BCUT2D eigenvalue weighted by Crippen LogP contribution is 2.17. The summed E-state index contributed by atoms with van der Waals surface area (Å²) in [7, 11) is 1.61. The molecule has 3 N–H and O–H groups in total. The Morgan fingerprint density at radius 3 is 2.60 bits per heavy atom. The Bertz CT molecular complexity index is 201. The van der Waals surface area contributed by atoms with Gasteiger partial charge in [-0.1, -0.05) is 6.92 Å². The number of rotatable bonds is 4. The van der Waals surface area contributed by atoms with E-state index in [0.717, 1.165) is 25.7 Å². The van der Waals surface area contributed by atoms with Crippen molar-refractivity contribution in [3.05, 3.63) is 0 Å². The molecule has 88 valence electrons. The van der Waals surface area contributed by atoms with Crippen molar-refractivity contribution in [2.45, 2.75) is 44.7 Å². The fourth-order valence-electron chi connectivity index (χ4n) is 1.93. The van der Waals surface area contributed by atoms with E-state index in [1.807, 2.05) is 6.92 Å². The van der Waals surface area contributed by atoms with Crippen molar-refractivity contribution in [1.29, 1.82) is 0 Å². The molecule has 0 spiro atoms. The second-order valence-electron chi connectivity index (χ2n) is 4.48. The molecule has 1 amide bonds. The van der Waals surface area contributed by atoms with Gasteiger partial charge in [-0.25, -0.2) is 0 Å². The molecule has 4 nitrogen and oxygen atoms in total. The average Bonchev–Trinajstić information content (AvgIpc) is 2.22. The third-order valence-electron chi connectivity index (χ3n) is 2.98. The lowest BCUT2D eigenvalue weighted by atomic mass is 9.91. The summed E-state index contributed by atoms with van der Waals surface area (Å²) in [6, 6.07) is 0.645. The van der Waals surface area contributed by atoms with Crippen LogP contribution in [0.3, 0.4) is 0 Å². The van der Waals surface area contributed by atoms with Crippen LogP contribution in [0.2, 0.25) is 0 Å². The maximum Gasteiger partial charge on any atom is 0.225 e. The van der Waals surface area contributed by atoms with E-state index in [4.69, 9.17) is 10.5 Å². The second kappa shape index (κ2) is 6.08. The Balaban J connectivity index is 2.25. The summed E-state index contributed by atoms with van der Waals surface area (Å²) in [6.07, 6.45) is 4.05. The van der Waals surface area contributed by atoms with Gasteiger partial charge in [0.2, 0.25) is 5.91 Å². The molecule has 1 aliphatic rings. The first-order valence-electron chi connectivity index (χ1n) is 5.68. The van der Waals surface area contributed by atoms with E-state index in [2.05, 4.69) is 5.32 Å². The lowest BCUT2D eigenvalue weighted by Crippen LogP contribution is -2.43. The van der Waals surface area contributed by atoms with Crippen molar-refractivity contribution < 1.29 is 9.53 Å². The van der Waals surface area contributed by atoms with Crippen LogP contribution in [0.1, 0.15) is 32.6 Å². The van der Waals surface area contributed by atoms with Gasteiger partial charge in [0.15, 0.2) is 0 Å². The van der Waals surface area contributed by atoms with Crippen molar-refractivity contribution in [3.8, 4) is 0 Å². The Morgan fingerprint density at radius 2 is 2.07 bits per heavy atom. The highest BCUT2D eigenvalue weighted by atomic mass is 16.5. The van der Waals surface area contributed by atoms with Crippen LogP contribution in [0.5, 0.6) is 0 Å². The molecule has 0 aromatic rings. The number of ether oxygens (including phenoxy) is 1. The third kappa shape index (κ3) is 4.18. The normalized spacial score (nSPS) is 28.5. The monoisotopic (exact) mass is 214 g/mol. The minimum Gasteiger partial charge on any atom is -0.384 e. The molecule has 0 aliphatic heterocycles. The summed E-state index contributed by atoms with van der Waals surface area (Å²) >= 11 is 0. The molecule has 1 unspecified atom stereocenters. The summed E-state index contributed by atoms with van der Waals surface area (Å²) in [5.74, 6) is 0.0305. The molecule has 1 rings (SSSR count). The molecule has 0 aromatic heterocycles. The van der Waals surface area contributed by atoms with Gasteiger partial charge in [0.05, 0.1) is 12.5 Å². The number of carbonyl (C=O) groups is 1. The van der Waals surface area contributed by atoms with Gasteiger partial charge in [-0.3, -0.25) is 4.79 Å². The molecule has 15 heavy (non-hydrogen) atoms. The fraction of sp³-hybridized carbons (Fsp3) is 0.909. The molecule has 0 aromatic carbocycles. The zero-order chi connectivity index (χ0) is 11.3. The molecule has 1 aliphatic carbocycles. The van der Waals surface area contributed by atoms with Gasteiger partial charge in [-0.15, -0.1) is 0 Å². The lowest BCUT2D eigenvalue weighted by molar-refractivity contribution is -0.126. The number of hydrogen-bond donors (Lipinski definition) is 2. The van der Waals surface area contributed by atoms with Gasteiger partial charge in [-0.2, -0.15) is 0 Å². The SMILES string of the molecule is COCC(C)C(=O)NC1CCC(N)CC1. The van der Waals surface area contributed by atoms with Crippen LogP contribution in [0, 0.1) is 5.92 Å². The van der Waals surface area contributed by atoms with Crippen LogP contribution in [0.4, 0.5) is 0 Å². The van der Waals surface area contributed by atoms with Crippen molar-refractivity contribution in [2.24, 2.45) is 11.7 Å². The number of nitrogens with one attached hydrogen (secondary N) is 1. The summed E-state index contributed by atoms with van der Waals surface area (Å²) in [4.78, 5) is 11.7. The summed E-state index contributed by atoms with van der Waals surface area (Å²) in [6.45, 7) is 2.37. The standard InChI is InChI=1S/C11H22N2O2/c1-8(7-15-2)11(14)13-10-5-3-9(12)4-6-10/h8-10H,3-7,12H2,1-2H3,(H,13,14). The van der Waals surface area contributed by atoms with E-state index in [9.17, 15) is 4.79 Å². The molecule has 1 atom stereocenters. The molecular formula is C11H22N2O2. The largest absolute Gasteiger partial charge is 0.384 e. The van der Waals surface area contributed by atoms with Crippen molar-refractivity contribution in [1.82, 2.24) is 5.32 Å². The Labute approximate surface area is 91.5 Å². The predicted octanol–water partition coefficient (Wildman–Crippen LogP) is 0.655. The number of carbonyl (C=O) groups excluding carboxylic acids is 1. The molecular weight excluding hydrogens is 192 g/mol. The second-order valence-corrected chi connectivity index (χ2v) is 4.48. The number of hydrogen-bond acceptors (Lipinski definition) is 3. The van der Waals surface area contributed by atoms with Crippen LogP contribution >= 0.6 is 0 Å². The van der Waals surface area contributed by atoms with E-state index in [-0.39, 0.29) is 11.8 Å². The van der Waals surface area contributed by atoms with Crippen LogP contribution < -0.4 is 11.1 Å². The van der Waals surface area contributed by atoms with Gasteiger partial charge in [-0.05, 0) is 25.7 Å². The summed E-state index contributed by atoms with van der Waals surface area (Å²) in [5, 5.41) is 3.05. The summed E-state index contributed by atoms with van der Waals surface area (Å²) in [5.41, 5.74) is 5.80. The zero-order valence-corrected chi connectivity index (χ0v) is 9.66. The van der Waals surface area contributed by atoms with Crippen LogP contribution in [0.15, 0.2) is 0 Å². The quantitative estimate of drug-likeness (QED) is 0.722. The first-order valence-corrected chi connectivity index (χ1v) is 5.68. The van der Waals surface area contributed by atoms with Crippen molar-refractivity contribution >= 4 is 5.91 Å². The topological polar surface area (TPSA) is 64.3 Å². The molecule has 1 fully saturated rings. The lowest BCUT2D eigenvalue weighted by Gasteiger charge is -2.27. The number of methoxy groups -OCH3 is 1. The third-order valence-corrected chi connectivity index (χ3v) is 2.98. The molecule has 0 saturated heterocycles. The highest BCUT2D eigenvalue weighted by Gasteiger charge is 2.22. The van der Waals surface area contributed by atoms with Crippen LogP contribution in [-0.4, -0.2) is 31.7 Å². The van der Waals surface area contributed by atoms with Crippen LogP contribution in [0.25, 0.3) is 0 Å². The Hall–Kier alpha value is -0.610. The van der Waals surface area contributed by atoms with E-state index in [1.165, 1.54) is 0 Å². The zero-order valence-electron chi connectivity index (χ0n) is 9.66. The minimum atomic E-state index is -0.0643. The molecule has 1 saturated carbocycles. The molecule has 0 heterocycles. The van der Waals surface area contributed by atoms with Gasteiger partial charge in [0.25, 0.3) is 0 Å².